The number of thioether (sulfide) groups is 1. The Morgan fingerprint density at radius 1 is 1.04 bits per heavy atom. The molecule has 0 spiro atoms. The molecule has 26 heavy (non-hydrogen) atoms. The number of nitrogens with one attached hydrogen (secondary N) is 1. The first-order valence-electron chi connectivity index (χ1n) is 8.39. The van der Waals surface area contributed by atoms with Crippen LogP contribution in [0.5, 0.6) is 0 Å². The van der Waals surface area contributed by atoms with Crippen molar-refractivity contribution in [2.45, 2.75) is 24.0 Å². The van der Waals surface area contributed by atoms with E-state index in [2.05, 4.69) is 15.5 Å². The average molecular weight is 366 g/mol. The van der Waals surface area contributed by atoms with Crippen LogP contribution in [0.1, 0.15) is 23.9 Å². The van der Waals surface area contributed by atoms with Crippen LogP contribution in [0.25, 0.3) is 0 Å². The van der Waals surface area contributed by atoms with Gasteiger partial charge in [-0.1, -0.05) is 72.4 Å². The Kier molecular flexibility index (Phi) is 5.42. The lowest BCUT2D eigenvalue weighted by molar-refractivity contribution is -0.125. The molecule has 3 rings (SSSR count). The maximum absolute atomic E-state index is 13.3. The van der Waals surface area contributed by atoms with Gasteiger partial charge in [-0.05, 0) is 24.3 Å². The fraction of sp³-hybridized carbons (Fsp3) is 0.250. The highest BCUT2D eigenvalue weighted by atomic mass is 32.2. The Morgan fingerprint density at radius 3 is 2.04 bits per heavy atom. The second-order valence-electron chi connectivity index (χ2n) is 6.20. The van der Waals surface area contributed by atoms with Crippen molar-refractivity contribution in [3.63, 3.8) is 0 Å². The van der Waals surface area contributed by atoms with Gasteiger partial charge in [0.2, 0.25) is 5.91 Å². The van der Waals surface area contributed by atoms with E-state index in [9.17, 15) is 4.79 Å². The zero-order chi connectivity index (χ0) is 18.6. The van der Waals surface area contributed by atoms with Crippen molar-refractivity contribution in [3.8, 4) is 0 Å². The zero-order valence-corrected chi connectivity index (χ0v) is 16.0. The molecule has 6 heteroatoms. The van der Waals surface area contributed by atoms with Crippen molar-refractivity contribution in [2.24, 2.45) is 7.05 Å². The lowest BCUT2D eigenvalue weighted by Gasteiger charge is -2.29. The van der Waals surface area contributed by atoms with Gasteiger partial charge in [-0.25, -0.2) is 0 Å². The Labute approximate surface area is 157 Å². The molecule has 2 aromatic carbocycles. The topological polar surface area (TPSA) is 59.8 Å². The van der Waals surface area contributed by atoms with E-state index in [0.29, 0.717) is 6.54 Å². The summed E-state index contributed by atoms with van der Waals surface area (Å²) in [6.07, 6.45) is 1.95. The maximum Gasteiger partial charge on any atom is 0.235 e. The predicted octanol–water partition coefficient (Wildman–Crippen LogP) is 3.16. The van der Waals surface area contributed by atoms with E-state index >= 15 is 0 Å². The first-order chi connectivity index (χ1) is 12.6. The number of amides is 1. The quantitative estimate of drug-likeness (QED) is 0.681. The van der Waals surface area contributed by atoms with Crippen molar-refractivity contribution in [2.75, 3.05) is 6.26 Å². The van der Waals surface area contributed by atoms with Crippen LogP contribution in [0, 0.1) is 0 Å². The summed E-state index contributed by atoms with van der Waals surface area (Å²) in [5.74, 6) is 0.662. The van der Waals surface area contributed by atoms with Gasteiger partial charge in [0.1, 0.15) is 0 Å². The minimum atomic E-state index is -0.788. The van der Waals surface area contributed by atoms with Crippen LogP contribution in [0.4, 0.5) is 0 Å². The SMILES string of the molecule is CSc1nnc(CNC(=O)C(C)(c2ccccc2)c2ccccc2)n1C. The lowest BCUT2D eigenvalue weighted by Crippen LogP contribution is -2.43. The molecular formula is C20H22N4OS. The Bertz CT molecular complexity index is 838. The van der Waals surface area contributed by atoms with Gasteiger partial charge in [-0.3, -0.25) is 4.79 Å². The molecule has 0 radical (unpaired) electrons. The molecule has 0 aliphatic rings. The summed E-state index contributed by atoms with van der Waals surface area (Å²) in [6.45, 7) is 2.29. The number of hydrogen-bond donors (Lipinski definition) is 1. The van der Waals surface area contributed by atoms with E-state index in [0.717, 1.165) is 22.1 Å². The van der Waals surface area contributed by atoms with Crippen molar-refractivity contribution < 1.29 is 4.79 Å². The molecule has 134 valence electrons. The van der Waals surface area contributed by atoms with Gasteiger partial charge in [-0.15, -0.1) is 10.2 Å². The van der Waals surface area contributed by atoms with Gasteiger partial charge in [0.15, 0.2) is 11.0 Å². The van der Waals surface area contributed by atoms with Gasteiger partial charge >= 0.3 is 0 Å². The third-order valence-corrected chi connectivity index (χ3v) is 5.39. The molecule has 0 saturated carbocycles. The summed E-state index contributed by atoms with van der Waals surface area (Å²) in [6, 6.07) is 19.7. The molecule has 0 unspecified atom stereocenters. The number of rotatable bonds is 6. The number of carbonyl (C=O) groups excluding carboxylic acids is 1. The van der Waals surface area contributed by atoms with Gasteiger partial charge in [0.05, 0.1) is 12.0 Å². The molecule has 0 aliphatic carbocycles. The van der Waals surface area contributed by atoms with Crippen LogP contribution in [0.3, 0.4) is 0 Å². The Morgan fingerprint density at radius 2 is 1.58 bits per heavy atom. The minimum absolute atomic E-state index is 0.0661. The van der Waals surface area contributed by atoms with E-state index in [-0.39, 0.29) is 5.91 Å². The number of benzene rings is 2. The monoisotopic (exact) mass is 366 g/mol. The summed E-state index contributed by atoms with van der Waals surface area (Å²) < 4.78 is 1.90. The predicted molar refractivity (Wildman–Crippen MR) is 104 cm³/mol. The zero-order valence-electron chi connectivity index (χ0n) is 15.1. The Hall–Kier alpha value is -2.60. The van der Waals surface area contributed by atoms with Crippen LogP contribution < -0.4 is 5.32 Å². The van der Waals surface area contributed by atoms with Gasteiger partial charge in [0, 0.05) is 7.05 Å². The summed E-state index contributed by atoms with van der Waals surface area (Å²) >= 11 is 1.53. The first kappa shape index (κ1) is 18.2. The second kappa shape index (κ2) is 7.74. The fourth-order valence-electron chi connectivity index (χ4n) is 2.98. The van der Waals surface area contributed by atoms with Gasteiger partial charge in [-0.2, -0.15) is 0 Å². The Balaban J connectivity index is 1.90. The van der Waals surface area contributed by atoms with Crippen molar-refractivity contribution in [1.29, 1.82) is 0 Å². The molecule has 0 bridgehead atoms. The number of aromatic nitrogens is 3. The normalized spacial score (nSPS) is 11.3. The molecule has 1 heterocycles. The first-order valence-corrected chi connectivity index (χ1v) is 9.61. The average Bonchev–Trinajstić information content (AvgIpc) is 3.06. The van der Waals surface area contributed by atoms with E-state index in [1.165, 1.54) is 11.8 Å². The largest absolute Gasteiger partial charge is 0.348 e. The van der Waals surface area contributed by atoms with Crippen LogP contribution in [-0.2, 0) is 23.8 Å². The molecule has 0 atom stereocenters. The molecule has 5 nitrogen and oxygen atoms in total. The number of carbonyl (C=O) groups is 1. The van der Waals surface area contributed by atoms with Gasteiger partial charge in [0.25, 0.3) is 0 Å². The van der Waals surface area contributed by atoms with Crippen LogP contribution in [-0.4, -0.2) is 26.9 Å². The highest BCUT2D eigenvalue weighted by Gasteiger charge is 2.36. The van der Waals surface area contributed by atoms with Crippen molar-refractivity contribution in [1.82, 2.24) is 20.1 Å². The molecule has 0 fully saturated rings. The molecule has 0 aliphatic heterocycles. The number of hydrogen-bond acceptors (Lipinski definition) is 4. The summed E-state index contributed by atoms with van der Waals surface area (Å²) in [7, 11) is 1.90. The third kappa shape index (κ3) is 3.37. The summed E-state index contributed by atoms with van der Waals surface area (Å²) in [5, 5.41) is 12.1. The molecular weight excluding hydrogens is 344 g/mol. The molecule has 0 saturated heterocycles. The molecule has 3 aromatic rings. The standard InChI is InChI=1S/C20H22N4OS/c1-20(15-10-6-4-7-11-15,16-12-8-5-9-13-16)18(25)21-14-17-22-23-19(26-3)24(17)2/h4-13H,14H2,1-3H3,(H,21,25). The van der Waals surface area contributed by atoms with Gasteiger partial charge < -0.3 is 9.88 Å². The van der Waals surface area contributed by atoms with Crippen LogP contribution in [0.2, 0.25) is 0 Å². The van der Waals surface area contributed by atoms with Crippen molar-refractivity contribution in [3.05, 3.63) is 77.6 Å². The molecule has 1 aromatic heterocycles. The van der Waals surface area contributed by atoms with E-state index < -0.39 is 5.41 Å². The fourth-order valence-corrected chi connectivity index (χ4v) is 3.49. The van der Waals surface area contributed by atoms with E-state index in [1.54, 1.807) is 0 Å². The molecule has 1 amide bonds. The van der Waals surface area contributed by atoms with Crippen LogP contribution >= 0.6 is 11.8 Å². The number of nitrogens with zero attached hydrogens (tertiary/aromatic N) is 3. The summed E-state index contributed by atoms with van der Waals surface area (Å²) in [5.41, 5.74) is 1.11. The maximum atomic E-state index is 13.3. The highest BCUT2D eigenvalue weighted by molar-refractivity contribution is 7.98. The summed E-state index contributed by atoms with van der Waals surface area (Å²) in [4.78, 5) is 13.3. The van der Waals surface area contributed by atoms with E-state index in [1.807, 2.05) is 85.5 Å². The second-order valence-corrected chi connectivity index (χ2v) is 6.98. The molecule has 1 N–H and O–H groups in total. The van der Waals surface area contributed by atoms with Crippen LogP contribution in [0.15, 0.2) is 65.8 Å². The van der Waals surface area contributed by atoms with E-state index in [4.69, 9.17) is 0 Å². The smallest absolute Gasteiger partial charge is 0.235 e. The van der Waals surface area contributed by atoms with Crippen molar-refractivity contribution >= 4 is 17.7 Å². The third-order valence-electron chi connectivity index (χ3n) is 4.67. The highest BCUT2D eigenvalue weighted by Crippen LogP contribution is 2.32. The minimum Gasteiger partial charge on any atom is -0.348 e. The lowest BCUT2D eigenvalue weighted by atomic mass is 9.75.